The number of aromatic hydroxyl groups is 1. The van der Waals surface area contributed by atoms with Crippen molar-refractivity contribution < 1.29 is 14.6 Å². The molecule has 0 bridgehead atoms. The first-order valence-electron chi connectivity index (χ1n) is 8.41. The molecule has 1 atom stereocenters. The van der Waals surface area contributed by atoms with Crippen LogP contribution < -0.4 is 10.2 Å². The van der Waals surface area contributed by atoms with Crippen LogP contribution in [0.4, 0.5) is 5.13 Å². The van der Waals surface area contributed by atoms with E-state index >= 15 is 0 Å². The van der Waals surface area contributed by atoms with Gasteiger partial charge in [0.05, 0.1) is 23.4 Å². The number of fused-ring (bicyclic) bond motifs is 1. The minimum absolute atomic E-state index is 0.0371. The van der Waals surface area contributed by atoms with Gasteiger partial charge in [-0.2, -0.15) is 0 Å². The van der Waals surface area contributed by atoms with Gasteiger partial charge >= 0.3 is 0 Å². The van der Waals surface area contributed by atoms with Crippen LogP contribution in [0, 0.1) is 0 Å². The Balaban J connectivity index is 1.65. The van der Waals surface area contributed by atoms with Crippen LogP contribution in [0.5, 0.6) is 11.5 Å². The SMILES string of the molecule is COc1ccc(C2C/C(=N\c3nc4ccccc4s3)NN2C(C)=O)cc1O. The van der Waals surface area contributed by atoms with Crippen LogP contribution in [0.1, 0.15) is 24.9 Å². The lowest BCUT2D eigenvalue weighted by atomic mass is 10.0. The van der Waals surface area contributed by atoms with E-state index in [1.54, 1.807) is 12.1 Å². The number of carbonyl (C=O) groups is 1. The van der Waals surface area contributed by atoms with Gasteiger partial charge in [-0.05, 0) is 29.8 Å². The number of phenolic OH excluding ortho intramolecular Hbond substituents is 1. The van der Waals surface area contributed by atoms with Gasteiger partial charge in [0.2, 0.25) is 11.0 Å². The van der Waals surface area contributed by atoms with Crippen molar-refractivity contribution in [2.75, 3.05) is 7.11 Å². The summed E-state index contributed by atoms with van der Waals surface area (Å²) >= 11 is 1.50. The molecule has 2 N–H and O–H groups in total. The molecule has 1 saturated heterocycles. The Bertz CT molecular complexity index is 1010. The number of aliphatic imine (C=N–C) groups is 1. The highest BCUT2D eigenvalue weighted by molar-refractivity contribution is 7.22. The van der Waals surface area contributed by atoms with Crippen LogP contribution in [0.3, 0.4) is 0 Å². The fraction of sp³-hybridized carbons (Fsp3) is 0.211. The second kappa shape index (κ2) is 6.88. The van der Waals surface area contributed by atoms with E-state index in [0.717, 1.165) is 15.8 Å². The molecule has 0 aliphatic carbocycles. The summed E-state index contributed by atoms with van der Waals surface area (Å²) in [5.41, 5.74) is 4.77. The first-order chi connectivity index (χ1) is 13.0. The predicted molar refractivity (Wildman–Crippen MR) is 104 cm³/mol. The summed E-state index contributed by atoms with van der Waals surface area (Å²) in [6.45, 7) is 1.49. The van der Waals surface area contributed by atoms with Gasteiger partial charge in [-0.25, -0.2) is 15.0 Å². The number of hydrazine groups is 1. The van der Waals surface area contributed by atoms with Gasteiger partial charge in [0.25, 0.3) is 0 Å². The Morgan fingerprint density at radius 1 is 1.37 bits per heavy atom. The first-order valence-corrected chi connectivity index (χ1v) is 9.23. The van der Waals surface area contributed by atoms with Crippen molar-refractivity contribution in [3.63, 3.8) is 0 Å². The number of amides is 1. The van der Waals surface area contributed by atoms with Gasteiger partial charge < -0.3 is 9.84 Å². The van der Waals surface area contributed by atoms with E-state index < -0.39 is 0 Å². The highest BCUT2D eigenvalue weighted by atomic mass is 32.1. The Labute approximate surface area is 159 Å². The van der Waals surface area contributed by atoms with Crippen LogP contribution in [0.15, 0.2) is 47.5 Å². The van der Waals surface area contributed by atoms with E-state index in [9.17, 15) is 9.90 Å². The first kappa shape index (κ1) is 17.3. The number of phenols is 1. The highest BCUT2D eigenvalue weighted by Crippen LogP contribution is 2.35. The maximum absolute atomic E-state index is 12.1. The Kier molecular flexibility index (Phi) is 4.41. The smallest absolute Gasteiger partial charge is 0.238 e. The van der Waals surface area contributed by atoms with Crippen molar-refractivity contribution in [1.29, 1.82) is 0 Å². The van der Waals surface area contributed by atoms with Crippen molar-refractivity contribution >= 4 is 38.4 Å². The summed E-state index contributed by atoms with van der Waals surface area (Å²) in [6.07, 6.45) is 0.501. The molecule has 1 aromatic heterocycles. The zero-order valence-corrected chi connectivity index (χ0v) is 15.7. The van der Waals surface area contributed by atoms with Crippen LogP contribution in [-0.4, -0.2) is 34.0 Å². The molecule has 2 aromatic carbocycles. The summed E-state index contributed by atoms with van der Waals surface area (Å²) in [7, 11) is 1.50. The molecule has 0 saturated carbocycles. The number of amidine groups is 1. The molecule has 3 aromatic rings. The summed E-state index contributed by atoms with van der Waals surface area (Å²) in [6, 6.07) is 12.7. The van der Waals surface area contributed by atoms with E-state index in [0.29, 0.717) is 23.1 Å². The van der Waals surface area contributed by atoms with E-state index in [4.69, 9.17) is 4.74 Å². The Morgan fingerprint density at radius 3 is 2.89 bits per heavy atom. The zero-order valence-electron chi connectivity index (χ0n) is 14.8. The number of benzene rings is 2. The number of rotatable bonds is 3. The fourth-order valence-electron chi connectivity index (χ4n) is 3.11. The average molecular weight is 382 g/mol. The van der Waals surface area contributed by atoms with Gasteiger partial charge in [0, 0.05) is 13.3 Å². The Morgan fingerprint density at radius 2 is 2.19 bits per heavy atom. The van der Waals surface area contributed by atoms with Gasteiger partial charge in [-0.1, -0.05) is 29.5 Å². The number of ether oxygens (including phenoxy) is 1. The monoisotopic (exact) mass is 382 g/mol. The largest absolute Gasteiger partial charge is 0.504 e. The average Bonchev–Trinajstić information content (AvgIpc) is 3.25. The second-order valence-corrected chi connectivity index (χ2v) is 7.18. The normalized spacial score (nSPS) is 18.1. The molecule has 8 heteroatoms. The molecular formula is C19H18N4O3S. The molecule has 1 aliphatic rings. The van der Waals surface area contributed by atoms with Crippen molar-refractivity contribution in [1.82, 2.24) is 15.4 Å². The topological polar surface area (TPSA) is 87.1 Å². The van der Waals surface area contributed by atoms with E-state index in [-0.39, 0.29) is 17.7 Å². The quantitative estimate of drug-likeness (QED) is 0.723. The molecule has 7 nitrogen and oxygen atoms in total. The molecular weight excluding hydrogens is 364 g/mol. The number of thiazole rings is 1. The molecule has 0 radical (unpaired) electrons. The lowest BCUT2D eigenvalue weighted by Crippen LogP contribution is -2.38. The molecule has 4 rings (SSSR count). The maximum atomic E-state index is 12.1. The maximum Gasteiger partial charge on any atom is 0.238 e. The number of nitrogens with zero attached hydrogens (tertiary/aromatic N) is 3. The second-order valence-electron chi connectivity index (χ2n) is 6.17. The highest BCUT2D eigenvalue weighted by Gasteiger charge is 2.33. The van der Waals surface area contributed by atoms with Crippen molar-refractivity contribution in [2.24, 2.45) is 4.99 Å². The molecule has 1 aliphatic heterocycles. The third-order valence-corrected chi connectivity index (χ3v) is 5.32. The van der Waals surface area contributed by atoms with E-state index in [1.807, 2.05) is 30.3 Å². The molecule has 27 heavy (non-hydrogen) atoms. The summed E-state index contributed by atoms with van der Waals surface area (Å²) in [4.78, 5) is 21.2. The molecule has 1 fully saturated rings. The molecule has 2 heterocycles. The number of methoxy groups -OCH3 is 1. The van der Waals surface area contributed by atoms with Crippen molar-refractivity contribution in [3.8, 4) is 11.5 Å². The zero-order chi connectivity index (χ0) is 19.0. The predicted octanol–water partition coefficient (Wildman–Crippen LogP) is 3.54. The number of carbonyl (C=O) groups excluding carboxylic acids is 1. The molecule has 1 amide bonds. The van der Waals surface area contributed by atoms with Gasteiger partial charge in [-0.15, -0.1) is 0 Å². The number of hydrogen-bond acceptors (Lipinski definition) is 6. The fourth-order valence-corrected chi connectivity index (χ4v) is 3.97. The lowest BCUT2D eigenvalue weighted by molar-refractivity contribution is -0.132. The number of nitrogens with one attached hydrogen (secondary N) is 1. The third-order valence-electron chi connectivity index (χ3n) is 4.39. The van der Waals surface area contributed by atoms with Crippen LogP contribution in [0.2, 0.25) is 0 Å². The van der Waals surface area contributed by atoms with Crippen molar-refractivity contribution in [2.45, 2.75) is 19.4 Å². The van der Waals surface area contributed by atoms with E-state index in [1.165, 1.54) is 30.4 Å². The van der Waals surface area contributed by atoms with Crippen molar-refractivity contribution in [3.05, 3.63) is 48.0 Å². The number of aromatic nitrogens is 1. The number of para-hydroxylation sites is 1. The minimum atomic E-state index is -0.271. The van der Waals surface area contributed by atoms with Gasteiger partial charge in [0.1, 0.15) is 5.84 Å². The van der Waals surface area contributed by atoms with Crippen LogP contribution >= 0.6 is 11.3 Å². The molecule has 1 unspecified atom stereocenters. The summed E-state index contributed by atoms with van der Waals surface area (Å²) in [5.74, 6) is 0.951. The van der Waals surface area contributed by atoms with Crippen LogP contribution in [-0.2, 0) is 4.79 Å². The molecule has 0 spiro atoms. The summed E-state index contributed by atoms with van der Waals surface area (Å²) in [5, 5.41) is 12.2. The van der Waals surface area contributed by atoms with Crippen LogP contribution in [0.25, 0.3) is 10.2 Å². The number of hydrogen-bond donors (Lipinski definition) is 2. The van der Waals surface area contributed by atoms with E-state index in [2.05, 4.69) is 15.4 Å². The Hall–Kier alpha value is -3.13. The van der Waals surface area contributed by atoms with Gasteiger partial charge in [-0.3, -0.25) is 10.2 Å². The van der Waals surface area contributed by atoms with Gasteiger partial charge in [0.15, 0.2) is 11.5 Å². The standard InChI is InChI=1S/C19H18N4O3S/c1-11(24)23-14(12-7-8-16(26-2)15(25)9-12)10-18(22-23)21-19-20-13-5-3-4-6-17(13)27-19/h3-9,14,25H,10H2,1-2H3,(H,20,21,22). The third kappa shape index (κ3) is 3.31. The summed E-state index contributed by atoms with van der Waals surface area (Å²) < 4.78 is 6.15. The molecule has 138 valence electrons. The minimum Gasteiger partial charge on any atom is -0.504 e. The lowest BCUT2D eigenvalue weighted by Gasteiger charge is -2.22.